The van der Waals surface area contributed by atoms with Crippen LogP contribution < -0.4 is 16.2 Å². The molecule has 2 aromatic rings. The molecule has 1 aromatic heterocycles. The summed E-state index contributed by atoms with van der Waals surface area (Å²) >= 11 is 0. The molecule has 2 N–H and O–H groups in total. The van der Waals surface area contributed by atoms with Crippen LogP contribution in [0.2, 0.25) is 0 Å². The van der Waals surface area contributed by atoms with Crippen molar-refractivity contribution in [3.63, 3.8) is 0 Å². The van der Waals surface area contributed by atoms with E-state index >= 15 is 0 Å². The van der Waals surface area contributed by atoms with E-state index in [9.17, 15) is 9.59 Å². The molecular formula is C31H45N5O3. The smallest absolute Gasteiger partial charge is 0.326 e. The molecule has 0 amide bonds. The molecule has 0 radical (unpaired) electrons. The third kappa shape index (κ3) is 5.10. The first-order chi connectivity index (χ1) is 19.0. The van der Waals surface area contributed by atoms with Gasteiger partial charge in [-0.1, -0.05) is 44.2 Å². The summed E-state index contributed by atoms with van der Waals surface area (Å²) in [7, 11) is 0. The minimum absolute atomic E-state index is 0.00170. The zero-order valence-corrected chi connectivity index (χ0v) is 23.5. The van der Waals surface area contributed by atoms with E-state index in [1.54, 1.807) is 6.92 Å². The summed E-state index contributed by atoms with van der Waals surface area (Å²) in [6.07, 6.45) is 15.0. The van der Waals surface area contributed by atoms with Crippen molar-refractivity contribution in [3.05, 3.63) is 34.6 Å². The standard InChI is InChI=1S/C31H45N5O3/c1-2-39-30(38)31(32)16-18-34(19-17-31)28-29(37)36(27-13-9-8-12-26(27)33-28)25-20-23-14-15-24(21-25)35(23)22-10-6-4-3-5-7-11-22/h8-9,12-13,22-25H,2-7,10-11,14-21,32H2,1H3/t23-,24+,25?. The molecule has 8 nitrogen and oxygen atoms in total. The number of benzene rings is 1. The van der Waals surface area contributed by atoms with Gasteiger partial charge in [-0.15, -0.1) is 0 Å². The lowest BCUT2D eigenvalue weighted by Crippen LogP contribution is -2.57. The van der Waals surface area contributed by atoms with Crippen molar-refractivity contribution in [2.45, 2.75) is 120 Å². The van der Waals surface area contributed by atoms with Crippen LogP contribution in [0.3, 0.4) is 0 Å². The first-order valence-electron chi connectivity index (χ1n) is 15.5. The Morgan fingerprint density at radius 3 is 2.26 bits per heavy atom. The molecular weight excluding hydrogens is 490 g/mol. The zero-order chi connectivity index (χ0) is 27.0. The molecule has 4 heterocycles. The van der Waals surface area contributed by atoms with Gasteiger partial charge in [0.25, 0.3) is 5.56 Å². The van der Waals surface area contributed by atoms with Crippen LogP contribution in [0.15, 0.2) is 29.1 Å². The molecule has 3 atom stereocenters. The molecule has 2 bridgehead atoms. The highest BCUT2D eigenvalue weighted by molar-refractivity contribution is 5.81. The molecule has 1 unspecified atom stereocenters. The second-order valence-corrected chi connectivity index (χ2v) is 12.4. The highest BCUT2D eigenvalue weighted by Crippen LogP contribution is 2.44. The Morgan fingerprint density at radius 1 is 0.949 bits per heavy atom. The molecule has 39 heavy (non-hydrogen) atoms. The summed E-state index contributed by atoms with van der Waals surface area (Å²) in [5.41, 5.74) is 7.22. The molecule has 212 valence electrons. The molecule has 3 aliphatic heterocycles. The number of anilines is 1. The van der Waals surface area contributed by atoms with Gasteiger partial charge >= 0.3 is 5.97 Å². The van der Waals surface area contributed by atoms with Crippen LogP contribution in [0, 0.1) is 0 Å². The first-order valence-corrected chi connectivity index (χ1v) is 15.5. The summed E-state index contributed by atoms with van der Waals surface area (Å²) < 4.78 is 7.31. The number of hydrogen-bond donors (Lipinski definition) is 1. The summed E-state index contributed by atoms with van der Waals surface area (Å²) in [6.45, 7) is 3.15. The zero-order valence-electron chi connectivity index (χ0n) is 23.5. The summed E-state index contributed by atoms with van der Waals surface area (Å²) in [4.78, 5) is 36.5. The van der Waals surface area contributed by atoms with Gasteiger partial charge in [0.1, 0.15) is 5.54 Å². The SMILES string of the molecule is CCOC(=O)C1(N)CCN(c2nc3ccccc3n(C3C[C@H]4CC[C@@H](C3)N4C3CCCCCCC3)c2=O)CC1. The summed E-state index contributed by atoms with van der Waals surface area (Å²) in [6, 6.07) is 10.1. The monoisotopic (exact) mass is 535 g/mol. The van der Waals surface area contributed by atoms with Crippen LogP contribution in [-0.2, 0) is 9.53 Å². The third-order valence-corrected chi connectivity index (χ3v) is 10.0. The number of carbonyl (C=O) groups excluding carboxylic acids is 1. The van der Waals surface area contributed by atoms with Gasteiger partial charge in [-0.05, 0) is 70.4 Å². The number of nitrogens with zero attached hydrogens (tertiary/aromatic N) is 4. The Balaban J connectivity index is 1.27. The van der Waals surface area contributed by atoms with Crippen LogP contribution in [0.5, 0.6) is 0 Å². The number of hydrogen-bond acceptors (Lipinski definition) is 7. The van der Waals surface area contributed by atoms with Crippen molar-refractivity contribution < 1.29 is 9.53 Å². The van der Waals surface area contributed by atoms with Crippen molar-refractivity contribution in [2.75, 3.05) is 24.6 Å². The number of fused-ring (bicyclic) bond motifs is 3. The lowest BCUT2D eigenvalue weighted by atomic mass is 9.88. The highest BCUT2D eigenvalue weighted by atomic mass is 16.5. The maximum absolute atomic E-state index is 14.2. The number of ether oxygens (including phenoxy) is 1. The Hall–Kier alpha value is -2.45. The maximum atomic E-state index is 14.2. The number of piperidine rings is 2. The molecule has 8 heteroatoms. The van der Waals surface area contributed by atoms with Gasteiger partial charge in [0.15, 0.2) is 5.82 Å². The molecule has 4 fully saturated rings. The predicted octanol–water partition coefficient (Wildman–Crippen LogP) is 4.54. The van der Waals surface area contributed by atoms with Gasteiger partial charge in [0.05, 0.1) is 17.6 Å². The molecule has 4 aliphatic rings. The van der Waals surface area contributed by atoms with Crippen LogP contribution in [0.25, 0.3) is 11.0 Å². The lowest BCUT2D eigenvalue weighted by molar-refractivity contribution is -0.150. The molecule has 3 saturated heterocycles. The summed E-state index contributed by atoms with van der Waals surface area (Å²) in [5, 5.41) is 0. The van der Waals surface area contributed by atoms with Crippen LogP contribution in [0.4, 0.5) is 5.82 Å². The first kappa shape index (κ1) is 26.8. The van der Waals surface area contributed by atoms with Crippen LogP contribution in [-0.4, -0.2) is 63.8 Å². The second-order valence-electron chi connectivity index (χ2n) is 12.4. The largest absolute Gasteiger partial charge is 0.465 e. The van der Waals surface area contributed by atoms with Crippen LogP contribution >= 0.6 is 0 Å². The van der Waals surface area contributed by atoms with Crippen molar-refractivity contribution in [1.29, 1.82) is 0 Å². The van der Waals surface area contributed by atoms with Gasteiger partial charge in [-0.2, -0.15) is 0 Å². The molecule has 1 saturated carbocycles. The van der Waals surface area contributed by atoms with Gasteiger partial charge in [-0.3, -0.25) is 14.5 Å². The minimum Gasteiger partial charge on any atom is -0.465 e. The molecule has 0 spiro atoms. The van der Waals surface area contributed by atoms with E-state index in [0.717, 1.165) is 29.9 Å². The number of nitrogens with two attached hydrogens (primary N) is 1. The Morgan fingerprint density at radius 2 is 1.59 bits per heavy atom. The van der Waals surface area contributed by atoms with E-state index in [4.69, 9.17) is 15.5 Å². The van der Waals surface area contributed by atoms with Gasteiger partial charge in [0.2, 0.25) is 0 Å². The van der Waals surface area contributed by atoms with Gasteiger partial charge < -0.3 is 19.9 Å². The van der Waals surface area contributed by atoms with Crippen LogP contribution in [0.1, 0.15) is 96.4 Å². The fourth-order valence-electron chi connectivity index (χ4n) is 8.03. The fourth-order valence-corrected chi connectivity index (χ4v) is 8.03. The minimum atomic E-state index is -0.995. The van der Waals surface area contributed by atoms with E-state index in [-0.39, 0.29) is 17.6 Å². The van der Waals surface area contributed by atoms with Crippen molar-refractivity contribution in [1.82, 2.24) is 14.5 Å². The van der Waals surface area contributed by atoms with Gasteiger partial charge in [-0.25, -0.2) is 4.98 Å². The quantitative estimate of drug-likeness (QED) is 0.562. The number of rotatable bonds is 5. The Bertz CT molecular complexity index is 1210. The predicted molar refractivity (Wildman–Crippen MR) is 154 cm³/mol. The van der Waals surface area contributed by atoms with Gasteiger partial charge in [0, 0.05) is 37.3 Å². The van der Waals surface area contributed by atoms with E-state index < -0.39 is 5.54 Å². The highest BCUT2D eigenvalue weighted by Gasteiger charge is 2.45. The van der Waals surface area contributed by atoms with Crippen molar-refractivity contribution >= 4 is 22.8 Å². The maximum Gasteiger partial charge on any atom is 0.326 e. The van der Waals surface area contributed by atoms with Crippen molar-refractivity contribution in [2.24, 2.45) is 5.73 Å². The number of para-hydroxylation sites is 2. The normalized spacial score (nSPS) is 28.3. The second kappa shape index (κ2) is 11.2. The third-order valence-electron chi connectivity index (χ3n) is 10.0. The van der Waals surface area contributed by atoms with E-state index in [1.807, 2.05) is 23.1 Å². The van der Waals surface area contributed by atoms with E-state index in [0.29, 0.717) is 50.4 Å². The molecule has 1 aromatic carbocycles. The van der Waals surface area contributed by atoms with Crippen molar-refractivity contribution in [3.8, 4) is 0 Å². The lowest BCUT2D eigenvalue weighted by Gasteiger charge is -2.45. The topological polar surface area (TPSA) is 93.7 Å². The fraction of sp³-hybridized carbons (Fsp3) is 0.710. The Labute approximate surface area is 231 Å². The molecule has 1 aliphatic carbocycles. The average Bonchev–Trinajstić information content (AvgIpc) is 3.17. The molecule has 6 rings (SSSR count). The van der Waals surface area contributed by atoms with E-state index in [2.05, 4.69) is 15.5 Å². The average molecular weight is 536 g/mol. The number of esters is 1. The Kier molecular flexibility index (Phi) is 7.68. The number of aromatic nitrogens is 2. The number of carbonyl (C=O) groups is 1. The summed E-state index contributed by atoms with van der Waals surface area (Å²) in [5.74, 6) is 0.148. The van der Waals surface area contributed by atoms with E-state index in [1.165, 1.54) is 57.8 Å².